The third-order valence-electron chi connectivity index (χ3n) is 1.13. The molecule has 0 fully saturated rings. The summed E-state index contributed by atoms with van der Waals surface area (Å²) in [5, 5.41) is 0. The fraction of sp³-hybridized carbons (Fsp3) is 0.333. The molecule has 0 N–H and O–H groups in total. The van der Waals surface area contributed by atoms with Crippen LogP contribution in [0.25, 0.3) is 0 Å². The molecular formula is C6H8N2OS. The van der Waals surface area contributed by atoms with Crippen LogP contribution in [0.1, 0.15) is 0 Å². The average Bonchev–Trinajstić information content (AvgIpc) is 1.94. The summed E-state index contributed by atoms with van der Waals surface area (Å²) in [7, 11) is 0. The number of thiol groups is 1. The Labute approximate surface area is 64.1 Å². The quantitative estimate of drug-likeness (QED) is 0.620. The SMILES string of the molecule is O=c1ccncn1CCS. The van der Waals surface area contributed by atoms with E-state index in [9.17, 15) is 4.79 Å². The molecule has 1 rings (SSSR count). The van der Waals surface area contributed by atoms with Crippen molar-refractivity contribution >= 4 is 12.6 Å². The molecular weight excluding hydrogens is 148 g/mol. The van der Waals surface area contributed by atoms with Crippen LogP contribution in [0.15, 0.2) is 23.4 Å². The van der Waals surface area contributed by atoms with E-state index >= 15 is 0 Å². The summed E-state index contributed by atoms with van der Waals surface area (Å²) in [6.45, 7) is 0.621. The van der Waals surface area contributed by atoms with Crippen LogP contribution in [0.2, 0.25) is 0 Å². The van der Waals surface area contributed by atoms with Gasteiger partial charge in [-0.25, -0.2) is 4.98 Å². The Morgan fingerprint density at radius 1 is 1.70 bits per heavy atom. The second kappa shape index (κ2) is 3.41. The van der Waals surface area contributed by atoms with Crippen LogP contribution in [0, 0.1) is 0 Å². The van der Waals surface area contributed by atoms with Crippen molar-refractivity contribution in [3.63, 3.8) is 0 Å². The maximum Gasteiger partial charge on any atom is 0.253 e. The average molecular weight is 156 g/mol. The summed E-state index contributed by atoms with van der Waals surface area (Å²) in [6, 6.07) is 1.43. The fourth-order valence-corrected chi connectivity index (χ4v) is 0.870. The van der Waals surface area contributed by atoms with E-state index in [2.05, 4.69) is 17.6 Å². The molecule has 3 nitrogen and oxygen atoms in total. The van der Waals surface area contributed by atoms with Gasteiger partial charge >= 0.3 is 0 Å². The maximum atomic E-state index is 10.9. The molecule has 1 aromatic rings. The molecule has 0 spiro atoms. The normalized spacial score (nSPS) is 9.70. The third kappa shape index (κ3) is 1.60. The number of hydrogen-bond acceptors (Lipinski definition) is 3. The van der Waals surface area contributed by atoms with E-state index in [-0.39, 0.29) is 5.56 Å². The van der Waals surface area contributed by atoms with Crippen LogP contribution >= 0.6 is 12.6 Å². The first-order valence-corrected chi connectivity index (χ1v) is 3.59. The highest BCUT2D eigenvalue weighted by atomic mass is 32.1. The lowest BCUT2D eigenvalue weighted by Gasteiger charge is -1.98. The zero-order valence-electron chi connectivity index (χ0n) is 5.40. The largest absolute Gasteiger partial charge is 0.298 e. The van der Waals surface area contributed by atoms with Gasteiger partial charge in [0.05, 0.1) is 6.33 Å². The molecule has 0 saturated carbocycles. The van der Waals surface area contributed by atoms with E-state index in [4.69, 9.17) is 0 Å². The minimum atomic E-state index is -0.0240. The molecule has 0 bridgehead atoms. The smallest absolute Gasteiger partial charge is 0.253 e. The van der Waals surface area contributed by atoms with Crippen LogP contribution in [-0.4, -0.2) is 15.3 Å². The van der Waals surface area contributed by atoms with Crippen molar-refractivity contribution in [1.29, 1.82) is 0 Å². The zero-order chi connectivity index (χ0) is 7.40. The van der Waals surface area contributed by atoms with Gasteiger partial charge < -0.3 is 0 Å². The molecule has 0 aliphatic rings. The minimum Gasteiger partial charge on any atom is -0.298 e. The minimum absolute atomic E-state index is 0.0240. The van der Waals surface area contributed by atoms with Crippen molar-refractivity contribution in [2.24, 2.45) is 0 Å². The molecule has 10 heavy (non-hydrogen) atoms. The highest BCUT2D eigenvalue weighted by molar-refractivity contribution is 7.80. The molecule has 0 radical (unpaired) electrons. The van der Waals surface area contributed by atoms with Gasteiger partial charge in [0.25, 0.3) is 5.56 Å². The van der Waals surface area contributed by atoms with E-state index in [1.165, 1.54) is 23.2 Å². The van der Waals surface area contributed by atoms with Gasteiger partial charge in [0.1, 0.15) is 0 Å². The maximum absolute atomic E-state index is 10.9. The Balaban J connectivity index is 2.92. The first-order chi connectivity index (χ1) is 4.84. The summed E-state index contributed by atoms with van der Waals surface area (Å²) in [5.41, 5.74) is -0.0240. The molecule has 54 valence electrons. The van der Waals surface area contributed by atoms with Crippen LogP contribution < -0.4 is 5.56 Å². The molecule has 0 atom stereocenters. The van der Waals surface area contributed by atoms with Crippen LogP contribution in [0.5, 0.6) is 0 Å². The van der Waals surface area contributed by atoms with Gasteiger partial charge in [-0.15, -0.1) is 0 Å². The van der Waals surface area contributed by atoms with Crippen molar-refractivity contribution in [1.82, 2.24) is 9.55 Å². The molecule has 0 unspecified atom stereocenters. The molecule has 0 aromatic carbocycles. The van der Waals surface area contributed by atoms with E-state index in [1.807, 2.05) is 0 Å². The van der Waals surface area contributed by atoms with Crippen molar-refractivity contribution in [3.8, 4) is 0 Å². The van der Waals surface area contributed by atoms with Crippen molar-refractivity contribution in [3.05, 3.63) is 28.9 Å². The van der Waals surface area contributed by atoms with Crippen LogP contribution in [0.4, 0.5) is 0 Å². The molecule has 0 amide bonds. The monoisotopic (exact) mass is 156 g/mol. The summed E-state index contributed by atoms with van der Waals surface area (Å²) >= 11 is 3.99. The Morgan fingerprint density at radius 2 is 2.50 bits per heavy atom. The van der Waals surface area contributed by atoms with Gasteiger partial charge in [0.2, 0.25) is 0 Å². The number of nitrogens with zero attached hydrogens (tertiary/aromatic N) is 2. The first-order valence-electron chi connectivity index (χ1n) is 2.96. The second-order valence-corrected chi connectivity index (χ2v) is 2.28. The summed E-state index contributed by atoms with van der Waals surface area (Å²) in [6.07, 6.45) is 3.00. The number of hydrogen-bond donors (Lipinski definition) is 1. The molecule has 1 aromatic heterocycles. The molecule has 0 aliphatic carbocycles. The van der Waals surface area contributed by atoms with Crippen LogP contribution in [0.3, 0.4) is 0 Å². The lowest BCUT2D eigenvalue weighted by molar-refractivity contribution is 0.715. The lowest BCUT2D eigenvalue weighted by atomic mass is 10.6. The molecule has 0 saturated heterocycles. The zero-order valence-corrected chi connectivity index (χ0v) is 6.29. The first kappa shape index (κ1) is 7.34. The van der Waals surface area contributed by atoms with Gasteiger partial charge in [-0.2, -0.15) is 12.6 Å². The van der Waals surface area contributed by atoms with Crippen molar-refractivity contribution < 1.29 is 0 Å². The fourth-order valence-electron chi connectivity index (χ4n) is 0.654. The topological polar surface area (TPSA) is 34.9 Å². The van der Waals surface area contributed by atoms with E-state index in [0.29, 0.717) is 12.3 Å². The van der Waals surface area contributed by atoms with Gasteiger partial charge in [-0.1, -0.05) is 0 Å². The van der Waals surface area contributed by atoms with Crippen molar-refractivity contribution in [2.75, 3.05) is 5.75 Å². The van der Waals surface area contributed by atoms with Gasteiger partial charge in [0, 0.05) is 24.6 Å². The van der Waals surface area contributed by atoms with E-state index in [1.54, 1.807) is 0 Å². The van der Waals surface area contributed by atoms with Crippen LogP contribution in [-0.2, 0) is 6.54 Å². The predicted octanol–water partition coefficient (Wildman–Crippen LogP) is 0.173. The Hall–Kier alpha value is -0.770. The number of aryl methyl sites for hydroxylation is 1. The Morgan fingerprint density at radius 3 is 3.10 bits per heavy atom. The van der Waals surface area contributed by atoms with Gasteiger partial charge in [-0.05, 0) is 0 Å². The predicted molar refractivity (Wildman–Crippen MR) is 42.4 cm³/mol. The van der Waals surface area contributed by atoms with E-state index < -0.39 is 0 Å². The van der Waals surface area contributed by atoms with Gasteiger partial charge in [0.15, 0.2) is 0 Å². The lowest BCUT2D eigenvalue weighted by Crippen LogP contribution is -2.19. The highest BCUT2D eigenvalue weighted by Crippen LogP contribution is 1.79. The molecule has 4 heteroatoms. The van der Waals surface area contributed by atoms with Gasteiger partial charge in [-0.3, -0.25) is 9.36 Å². The van der Waals surface area contributed by atoms with Crippen molar-refractivity contribution in [2.45, 2.75) is 6.54 Å². The summed E-state index contributed by atoms with van der Waals surface area (Å²) in [4.78, 5) is 14.7. The molecule has 1 heterocycles. The third-order valence-corrected chi connectivity index (χ3v) is 1.33. The standard InChI is InChI=1S/C6H8N2OS/c9-6-1-2-7-5-8(6)3-4-10/h1-2,5,10H,3-4H2. The summed E-state index contributed by atoms with van der Waals surface area (Å²) < 4.78 is 1.52. The Bertz CT molecular complexity index is 258. The number of rotatable bonds is 2. The molecule has 0 aliphatic heterocycles. The second-order valence-electron chi connectivity index (χ2n) is 1.84. The number of aromatic nitrogens is 2. The summed E-state index contributed by atoms with van der Waals surface area (Å²) in [5.74, 6) is 0.658. The highest BCUT2D eigenvalue weighted by Gasteiger charge is 1.89. The Kier molecular flexibility index (Phi) is 2.50. The van der Waals surface area contributed by atoms with E-state index in [0.717, 1.165) is 0 Å².